The zero-order valence-corrected chi connectivity index (χ0v) is 16.1. The zero-order valence-electron chi connectivity index (χ0n) is 14.5. The van der Waals surface area contributed by atoms with E-state index in [2.05, 4.69) is 28.0 Å². The molecule has 0 saturated heterocycles. The number of rotatable bonds is 5. The molecule has 0 aliphatic heterocycles. The highest BCUT2D eigenvalue weighted by Gasteiger charge is 2.20. The maximum absolute atomic E-state index is 12.4. The van der Waals surface area contributed by atoms with Crippen molar-refractivity contribution in [1.29, 1.82) is 0 Å². The first-order chi connectivity index (χ1) is 12.0. The Hall–Kier alpha value is -2.21. The number of carbonyl (C=O) groups excluding carboxylic acids is 1. The van der Waals surface area contributed by atoms with Crippen molar-refractivity contribution in [3.05, 3.63) is 46.1 Å². The van der Waals surface area contributed by atoms with Crippen molar-refractivity contribution in [2.24, 2.45) is 0 Å². The van der Waals surface area contributed by atoms with E-state index in [1.165, 1.54) is 7.11 Å². The van der Waals surface area contributed by atoms with Gasteiger partial charge in [-0.1, -0.05) is 41.4 Å². The summed E-state index contributed by atoms with van der Waals surface area (Å²) in [6.45, 7) is 4.81. The molecule has 1 aromatic carbocycles. The Morgan fingerprint density at radius 1 is 1.32 bits per heavy atom. The van der Waals surface area contributed by atoms with Gasteiger partial charge in [0.05, 0.1) is 29.4 Å². The van der Waals surface area contributed by atoms with Crippen LogP contribution in [0.25, 0.3) is 22.3 Å². The lowest BCUT2D eigenvalue weighted by atomic mass is 10.1. The number of carbonyl (C=O) groups is 1. The Kier molecular flexibility index (Phi) is 5.18. The normalized spacial score (nSPS) is 11.0. The number of esters is 1. The number of fused-ring (bicyclic) bond motifs is 1. The Labute approximate surface area is 155 Å². The van der Waals surface area contributed by atoms with Crippen LogP contribution in [0.3, 0.4) is 0 Å². The smallest absolute Gasteiger partial charge is 0.338 e. The maximum atomic E-state index is 12.4. The first kappa shape index (κ1) is 17.6. The third kappa shape index (κ3) is 3.44. The highest BCUT2D eigenvalue weighted by atomic mass is 79.9. The van der Waals surface area contributed by atoms with Crippen LogP contribution in [0.5, 0.6) is 0 Å². The number of nitrogens with zero attached hydrogens (tertiary/aromatic N) is 3. The van der Waals surface area contributed by atoms with Crippen LogP contribution >= 0.6 is 15.9 Å². The van der Waals surface area contributed by atoms with Gasteiger partial charge in [-0.05, 0) is 31.5 Å². The molecule has 0 bridgehead atoms. The lowest BCUT2D eigenvalue weighted by Gasteiger charge is -2.08. The molecule has 0 amide bonds. The second-order valence-corrected chi connectivity index (χ2v) is 6.83. The fourth-order valence-corrected chi connectivity index (χ4v) is 3.28. The van der Waals surface area contributed by atoms with E-state index >= 15 is 0 Å². The summed E-state index contributed by atoms with van der Waals surface area (Å²) in [5, 5.41) is 5.36. The van der Waals surface area contributed by atoms with Crippen molar-refractivity contribution in [1.82, 2.24) is 14.8 Å². The van der Waals surface area contributed by atoms with Gasteiger partial charge in [0.1, 0.15) is 0 Å². The molecule has 0 N–H and O–H groups in total. The number of ether oxygens (including phenoxy) is 1. The highest BCUT2D eigenvalue weighted by molar-refractivity contribution is 9.10. The Balaban J connectivity index is 2.27. The summed E-state index contributed by atoms with van der Waals surface area (Å²) in [7, 11) is 1.39. The summed E-state index contributed by atoms with van der Waals surface area (Å²) in [5.41, 5.74) is 3.68. The molecule has 0 radical (unpaired) electrons. The summed E-state index contributed by atoms with van der Waals surface area (Å²) in [6, 6.07) is 9.64. The summed E-state index contributed by atoms with van der Waals surface area (Å²) in [5.74, 6) is -0.373. The Morgan fingerprint density at radius 3 is 2.80 bits per heavy atom. The van der Waals surface area contributed by atoms with Crippen molar-refractivity contribution in [2.45, 2.75) is 33.2 Å². The molecule has 0 atom stereocenters. The molecule has 25 heavy (non-hydrogen) atoms. The van der Waals surface area contributed by atoms with Gasteiger partial charge in [0.15, 0.2) is 5.65 Å². The number of hydrogen-bond donors (Lipinski definition) is 0. The lowest BCUT2D eigenvalue weighted by Crippen LogP contribution is -2.05. The summed E-state index contributed by atoms with van der Waals surface area (Å²) in [4.78, 5) is 17.2. The highest BCUT2D eigenvalue weighted by Crippen LogP contribution is 2.29. The van der Waals surface area contributed by atoms with Crippen LogP contribution in [0.1, 0.15) is 35.8 Å². The third-order valence-electron chi connectivity index (χ3n) is 4.13. The molecule has 0 aliphatic carbocycles. The molecular formula is C19H20BrN3O2. The van der Waals surface area contributed by atoms with Crippen LogP contribution in [-0.2, 0) is 11.3 Å². The topological polar surface area (TPSA) is 57.0 Å². The van der Waals surface area contributed by atoms with Crippen molar-refractivity contribution in [3.8, 4) is 11.3 Å². The van der Waals surface area contributed by atoms with Crippen molar-refractivity contribution in [2.75, 3.05) is 7.11 Å². The minimum absolute atomic E-state index is 0.373. The van der Waals surface area contributed by atoms with Crippen LogP contribution in [0.4, 0.5) is 0 Å². The van der Waals surface area contributed by atoms with Crippen molar-refractivity contribution in [3.63, 3.8) is 0 Å². The molecule has 0 unspecified atom stereocenters. The monoisotopic (exact) mass is 401 g/mol. The number of benzene rings is 1. The van der Waals surface area contributed by atoms with E-state index in [1.807, 2.05) is 35.9 Å². The van der Waals surface area contributed by atoms with E-state index in [9.17, 15) is 4.79 Å². The molecule has 0 saturated carbocycles. The van der Waals surface area contributed by atoms with E-state index in [-0.39, 0.29) is 5.97 Å². The molecule has 5 nitrogen and oxygen atoms in total. The minimum Gasteiger partial charge on any atom is -0.465 e. The average molecular weight is 402 g/mol. The van der Waals surface area contributed by atoms with Crippen LogP contribution in [0.15, 0.2) is 34.8 Å². The molecule has 130 valence electrons. The Bertz CT molecular complexity index is 934. The predicted octanol–water partition coefficient (Wildman–Crippen LogP) is 4.76. The van der Waals surface area contributed by atoms with Crippen LogP contribution in [0, 0.1) is 6.92 Å². The van der Waals surface area contributed by atoms with Gasteiger partial charge in [-0.3, -0.25) is 0 Å². The van der Waals surface area contributed by atoms with Gasteiger partial charge in [-0.25, -0.2) is 14.5 Å². The average Bonchev–Trinajstić information content (AvgIpc) is 2.94. The molecule has 6 heteroatoms. The van der Waals surface area contributed by atoms with Gasteiger partial charge in [0, 0.05) is 16.6 Å². The number of pyridine rings is 1. The van der Waals surface area contributed by atoms with Gasteiger partial charge in [0.2, 0.25) is 0 Å². The molecular weight excluding hydrogens is 382 g/mol. The summed E-state index contributed by atoms with van der Waals surface area (Å²) >= 11 is 3.49. The number of methoxy groups -OCH3 is 1. The molecule has 0 aliphatic rings. The minimum atomic E-state index is -0.373. The molecule has 2 aromatic heterocycles. The van der Waals surface area contributed by atoms with Gasteiger partial charge in [-0.15, -0.1) is 0 Å². The molecule has 0 fully saturated rings. The number of aryl methyl sites for hydroxylation is 2. The number of unbranched alkanes of at least 4 members (excludes halogenated alkanes) is 1. The molecule has 3 rings (SSSR count). The second kappa shape index (κ2) is 7.35. The number of halogens is 1. The van der Waals surface area contributed by atoms with Gasteiger partial charge in [-0.2, -0.15) is 5.10 Å². The Morgan fingerprint density at radius 2 is 2.12 bits per heavy atom. The molecule has 3 aromatic rings. The van der Waals surface area contributed by atoms with Crippen LogP contribution in [-0.4, -0.2) is 27.8 Å². The predicted molar refractivity (Wildman–Crippen MR) is 102 cm³/mol. The zero-order chi connectivity index (χ0) is 18.0. The lowest BCUT2D eigenvalue weighted by molar-refractivity contribution is 0.0603. The molecule has 0 spiro atoms. The van der Waals surface area contributed by atoms with Gasteiger partial charge < -0.3 is 4.74 Å². The first-order valence-electron chi connectivity index (χ1n) is 8.27. The standard InChI is InChI=1S/C19H20BrN3O2/c1-4-5-9-23-18-17(12(2)22-23)15(19(24)25-3)11-16(21-18)13-7-6-8-14(20)10-13/h6-8,10-11H,4-5,9H2,1-3H3. The number of aromatic nitrogens is 3. The summed E-state index contributed by atoms with van der Waals surface area (Å²) in [6.07, 6.45) is 2.07. The van der Waals surface area contributed by atoms with E-state index in [4.69, 9.17) is 9.72 Å². The van der Waals surface area contributed by atoms with E-state index in [0.29, 0.717) is 5.56 Å². The van der Waals surface area contributed by atoms with Crippen LogP contribution in [0.2, 0.25) is 0 Å². The molecule has 2 heterocycles. The first-order valence-corrected chi connectivity index (χ1v) is 9.06. The van der Waals surface area contributed by atoms with Crippen molar-refractivity contribution >= 4 is 32.9 Å². The van der Waals surface area contributed by atoms with Crippen molar-refractivity contribution < 1.29 is 9.53 Å². The third-order valence-corrected chi connectivity index (χ3v) is 4.62. The second-order valence-electron chi connectivity index (χ2n) is 5.92. The maximum Gasteiger partial charge on any atom is 0.338 e. The fourth-order valence-electron chi connectivity index (χ4n) is 2.88. The van der Waals surface area contributed by atoms with E-state index in [1.54, 1.807) is 6.07 Å². The van der Waals surface area contributed by atoms with Gasteiger partial charge >= 0.3 is 5.97 Å². The van der Waals surface area contributed by atoms with Crippen LogP contribution < -0.4 is 0 Å². The van der Waals surface area contributed by atoms with Gasteiger partial charge in [0.25, 0.3) is 0 Å². The fraction of sp³-hybridized carbons (Fsp3) is 0.316. The van der Waals surface area contributed by atoms with E-state index < -0.39 is 0 Å². The number of hydrogen-bond acceptors (Lipinski definition) is 4. The van der Waals surface area contributed by atoms with E-state index in [0.717, 1.165) is 51.8 Å². The SMILES string of the molecule is CCCCn1nc(C)c2c(C(=O)OC)cc(-c3cccc(Br)c3)nc21. The quantitative estimate of drug-likeness (QED) is 0.578. The largest absolute Gasteiger partial charge is 0.465 e. The summed E-state index contributed by atoms with van der Waals surface area (Å²) < 4.78 is 7.84.